The van der Waals surface area contributed by atoms with E-state index in [9.17, 15) is 9.90 Å². The fraction of sp³-hybridized carbons (Fsp3) is 0.364. The van der Waals surface area contributed by atoms with Crippen LogP contribution in [0.5, 0.6) is 0 Å². The van der Waals surface area contributed by atoms with E-state index in [-0.39, 0.29) is 11.8 Å². The quantitative estimate of drug-likeness (QED) is 0.641. The Labute approximate surface area is 98.8 Å². The van der Waals surface area contributed by atoms with E-state index >= 15 is 0 Å². The van der Waals surface area contributed by atoms with Crippen LogP contribution in [-0.4, -0.2) is 23.4 Å². The summed E-state index contributed by atoms with van der Waals surface area (Å²) in [5, 5.41) is 9.98. The molecule has 0 aliphatic heterocycles. The zero-order valence-electron chi connectivity index (χ0n) is 8.07. The summed E-state index contributed by atoms with van der Waals surface area (Å²) in [6, 6.07) is 7.01. The van der Waals surface area contributed by atoms with Crippen LogP contribution < -0.4 is 0 Å². The zero-order chi connectivity index (χ0) is 11.3. The second-order valence-corrected chi connectivity index (χ2v) is 4.08. The Hall–Kier alpha value is -0.570. The number of rotatable bonds is 5. The Morgan fingerprint density at radius 2 is 1.93 bits per heavy atom. The molecule has 15 heavy (non-hydrogen) atoms. The van der Waals surface area contributed by atoms with Crippen LogP contribution in [0.25, 0.3) is 0 Å². The maximum Gasteiger partial charge on any atom is 0.127 e. The van der Waals surface area contributed by atoms with Gasteiger partial charge >= 0.3 is 0 Å². The van der Waals surface area contributed by atoms with Gasteiger partial charge in [0.25, 0.3) is 0 Å². The van der Waals surface area contributed by atoms with Gasteiger partial charge in [0, 0.05) is 16.8 Å². The molecule has 0 aliphatic carbocycles. The summed E-state index contributed by atoms with van der Waals surface area (Å²) in [6.07, 6.45) is 0.505. The molecular weight excluding hydrogens is 235 g/mol. The van der Waals surface area contributed by atoms with E-state index < -0.39 is 6.10 Å². The molecule has 0 aromatic heterocycles. The molecule has 0 amide bonds. The van der Waals surface area contributed by atoms with Crippen molar-refractivity contribution in [1.82, 2.24) is 0 Å². The van der Waals surface area contributed by atoms with Crippen LogP contribution in [0.15, 0.2) is 24.3 Å². The molecule has 1 N–H and O–H groups in total. The number of hydrogen-bond acceptors (Lipinski definition) is 2. The van der Waals surface area contributed by atoms with E-state index in [1.807, 2.05) is 0 Å². The van der Waals surface area contributed by atoms with Crippen molar-refractivity contribution in [2.24, 2.45) is 0 Å². The SMILES string of the molecule is O=C[C@H](C[C@@H](O)CCl)c1ccc(Cl)cc1. The number of aldehydes is 1. The third kappa shape index (κ3) is 3.82. The molecule has 0 saturated carbocycles. The molecule has 0 saturated heterocycles. The summed E-state index contributed by atoms with van der Waals surface area (Å²) < 4.78 is 0. The van der Waals surface area contributed by atoms with Crippen LogP contribution in [0.2, 0.25) is 5.02 Å². The summed E-state index contributed by atoms with van der Waals surface area (Å²) in [6.45, 7) is 0. The predicted molar refractivity (Wildman–Crippen MR) is 61.6 cm³/mol. The van der Waals surface area contributed by atoms with Crippen LogP contribution in [0, 0.1) is 0 Å². The first-order chi connectivity index (χ1) is 7.17. The van der Waals surface area contributed by atoms with Gasteiger partial charge in [-0.05, 0) is 24.1 Å². The van der Waals surface area contributed by atoms with E-state index in [0.717, 1.165) is 11.8 Å². The highest BCUT2D eigenvalue weighted by Gasteiger charge is 2.15. The summed E-state index contributed by atoms with van der Waals surface area (Å²) >= 11 is 11.2. The number of benzene rings is 1. The number of aliphatic hydroxyl groups is 1. The minimum Gasteiger partial charge on any atom is -0.392 e. The minimum atomic E-state index is -0.655. The Morgan fingerprint density at radius 1 is 1.33 bits per heavy atom. The molecule has 1 aromatic carbocycles. The van der Waals surface area contributed by atoms with Crippen LogP contribution >= 0.6 is 23.2 Å². The number of aliphatic hydroxyl groups excluding tert-OH is 1. The molecule has 82 valence electrons. The first-order valence-corrected chi connectivity index (χ1v) is 5.53. The van der Waals surface area contributed by atoms with Crippen molar-refractivity contribution in [2.75, 3.05) is 5.88 Å². The Morgan fingerprint density at radius 3 is 2.40 bits per heavy atom. The second kappa shape index (κ2) is 6.11. The van der Waals surface area contributed by atoms with Crippen LogP contribution in [-0.2, 0) is 4.79 Å². The lowest BCUT2D eigenvalue weighted by Crippen LogP contribution is -2.14. The van der Waals surface area contributed by atoms with Crippen LogP contribution in [0.1, 0.15) is 17.9 Å². The van der Waals surface area contributed by atoms with Gasteiger partial charge in [0.15, 0.2) is 0 Å². The Bertz CT molecular complexity index is 311. The molecule has 0 unspecified atom stereocenters. The van der Waals surface area contributed by atoms with Gasteiger partial charge in [0.2, 0.25) is 0 Å². The van der Waals surface area contributed by atoms with Crippen molar-refractivity contribution in [2.45, 2.75) is 18.4 Å². The van der Waals surface area contributed by atoms with Crippen molar-refractivity contribution in [3.63, 3.8) is 0 Å². The molecule has 1 rings (SSSR count). The molecule has 0 radical (unpaired) electrons. The Balaban J connectivity index is 2.74. The predicted octanol–water partition coefficient (Wildman–Crippen LogP) is 2.61. The number of alkyl halides is 1. The molecule has 0 spiro atoms. The first kappa shape index (κ1) is 12.5. The third-order valence-corrected chi connectivity index (χ3v) is 2.77. The average molecular weight is 247 g/mol. The van der Waals surface area contributed by atoms with E-state index in [1.54, 1.807) is 24.3 Å². The van der Waals surface area contributed by atoms with Crippen molar-refractivity contribution in [3.8, 4) is 0 Å². The van der Waals surface area contributed by atoms with Gasteiger partial charge in [-0.1, -0.05) is 23.7 Å². The molecule has 1 aromatic rings. The fourth-order valence-corrected chi connectivity index (χ4v) is 1.59. The highest BCUT2D eigenvalue weighted by atomic mass is 35.5. The van der Waals surface area contributed by atoms with E-state index in [2.05, 4.69) is 0 Å². The number of carbonyl (C=O) groups is 1. The van der Waals surface area contributed by atoms with Gasteiger partial charge in [-0.15, -0.1) is 11.6 Å². The molecule has 4 heteroatoms. The van der Waals surface area contributed by atoms with Gasteiger partial charge in [0.05, 0.1) is 6.10 Å². The topological polar surface area (TPSA) is 37.3 Å². The lowest BCUT2D eigenvalue weighted by molar-refractivity contribution is -0.109. The van der Waals surface area contributed by atoms with Gasteiger partial charge in [-0.3, -0.25) is 0 Å². The number of carbonyl (C=O) groups excluding carboxylic acids is 1. The van der Waals surface area contributed by atoms with Gasteiger partial charge in [-0.2, -0.15) is 0 Å². The lowest BCUT2D eigenvalue weighted by atomic mass is 9.95. The molecule has 2 nitrogen and oxygen atoms in total. The summed E-state index contributed by atoms with van der Waals surface area (Å²) in [7, 11) is 0. The average Bonchev–Trinajstić information content (AvgIpc) is 2.27. The maximum atomic E-state index is 10.9. The van der Waals surface area contributed by atoms with Crippen LogP contribution in [0.4, 0.5) is 0 Å². The highest BCUT2D eigenvalue weighted by Crippen LogP contribution is 2.21. The third-order valence-electron chi connectivity index (χ3n) is 2.17. The van der Waals surface area contributed by atoms with E-state index in [0.29, 0.717) is 11.4 Å². The number of halogens is 2. The van der Waals surface area contributed by atoms with Crippen LogP contribution in [0.3, 0.4) is 0 Å². The molecule has 0 aliphatic rings. The van der Waals surface area contributed by atoms with Gasteiger partial charge in [0.1, 0.15) is 6.29 Å². The monoisotopic (exact) mass is 246 g/mol. The molecule has 2 atom stereocenters. The smallest absolute Gasteiger partial charge is 0.127 e. The number of hydrogen-bond donors (Lipinski definition) is 1. The molecular formula is C11H12Cl2O2. The van der Waals surface area contributed by atoms with Crippen molar-refractivity contribution in [3.05, 3.63) is 34.9 Å². The normalized spacial score (nSPS) is 14.6. The second-order valence-electron chi connectivity index (χ2n) is 3.34. The summed E-state index contributed by atoms with van der Waals surface area (Å²) in [4.78, 5) is 10.9. The molecule has 0 bridgehead atoms. The van der Waals surface area contributed by atoms with E-state index in [1.165, 1.54) is 0 Å². The summed E-state index contributed by atoms with van der Waals surface area (Å²) in [5.41, 5.74) is 0.846. The lowest BCUT2D eigenvalue weighted by Gasteiger charge is -2.13. The van der Waals surface area contributed by atoms with Crippen molar-refractivity contribution in [1.29, 1.82) is 0 Å². The zero-order valence-corrected chi connectivity index (χ0v) is 9.58. The molecule has 0 fully saturated rings. The Kier molecular flexibility index (Phi) is 5.09. The fourth-order valence-electron chi connectivity index (χ4n) is 1.34. The van der Waals surface area contributed by atoms with Gasteiger partial charge in [-0.25, -0.2) is 0 Å². The van der Waals surface area contributed by atoms with E-state index in [4.69, 9.17) is 23.2 Å². The summed E-state index contributed by atoms with van der Waals surface area (Å²) in [5.74, 6) is -0.186. The molecule has 0 heterocycles. The highest BCUT2D eigenvalue weighted by molar-refractivity contribution is 6.30. The first-order valence-electron chi connectivity index (χ1n) is 4.62. The largest absolute Gasteiger partial charge is 0.392 e. The minimum absolute atomic E-state index is 0.137. The van der Waals surface area contributed by atoms with Crippen molar-refractivity contribution >= 4 is 29.5 Å². The standard InChI is InChI=1S/C11H12Cl2O2/c12-6-11(15)5-9(7-14)8-1-3-10(13)4-2-8/h1-4,7,9,11,15H,5-6H2/t9-,11+/m0/s1. The van der Waals surface area contributed by atoms with Gasteiger partial charge < -0.3 is 9.90 Å². The van der Waals surface area contributed by atoms with Crippen molar-refractivity contribution < 1.29 is 9.90 Å². The maximum absolute atomic E-state index is 10.9.